The monoisotopic (exact) mass is 288 g/mol. The number of ketones is 1. The first-order valence-electron chi connectivity index (χ1n) is 4.41. The minimum atomic E-state index is -3.23. The Morgan fingerprint density at radius 3 is 2.67 bits per heavy atom. The Labute approximate surface area is 96.5 Å². The lowest BCUT2D eigenvalue weighted by Gasteiger charge is -2.01. The molecule has 0 aliphatic heterocycles. The summed E-state index contributed by atoms with van der Waals surface area (Å²) in [5.74, 6) is -0.0319. The van der Waals surface area contributed by atoms with Crippen LogP contribution in [0.15, 0.2) is 23.1 Å². The normalized spacial score (nSPS) is 20.4. The van der Waals surface area contributed by atoms with E-state index >= 15 is 0 Å². The molecule has 5 heteroatoms. The first-order valence-corrected chi connectivity index (χ1v) is 7.21. The van der Waals surface area contributed by atoms with E-state index in [-0.39, 0.29) is 15.5 Å². The van der Waals surface area contributed by atoms with Crippen molar-refractivity contribution in [1.82, 2.24) is 0 Å². The van der Waals surface area contributed by atoms with Gasteiger partial charge in [0.15, 0.2) is 15.6 Å². The number of hydrogen-bond acceptors (Lipinski definition) is 3. The van der Waals surface area contributed by atoms with Gasteiger partial charge in [0.1, 0.15) is 0 Å². The van der Waals surface area contributed by atoms with Crippen molar-refractivity contribution in [2.24, 2.45) is 0 Å². The molecule has 0 spiro atoms. The lowest BCUT2D eigenvalue weighted by molar-refractivity contribution is 0.100. The minimum Gasteiger partial charge on any atom is -0.293 e. The van der Waals surface area contributed by atoms with Gasteiger partial charge in [0.05, 0.1) is 9.72 Å². The van der Waals surface area contributed by atoms with Crippen LogP contribution in [0, 0.1) is 0 Å². The van der Waals surface area contributed by atoms with Crippen molar-refractivity contribution in [1.29, 1.82) is 0 Å². The van der Waals surface area contributed by atoms with E-state index in [0.29, 0.717) is 12.0 Å². The fraction of sp³-hybridized carbons (Fsp3) is 0.300. The van der Waals surface area contributed by atoms with E-state index in [9.17, 15) is 13.2 Å². The number of carbonyl (C=O) groups is 1. The van der Waals surface area contributed by atoms with Gasteiger partial charge in [-0.15, -0.1) is 0 Å². The largest absolute Gasteiger partial charge is 0.293 e. The minimum absolute atomic E-state index is 0.0319. The molecule has 0 heterocycles. The molecule has 80 valence electrons. The van der Waals surface area contributed by atoms with E-state index in [4.69, 9.17) is 0 Å². The second-order valence-electron chi connectivity index (χ2n) is 3.63. The highest BCUT2D eigenvalue weighted by Gasteiger charge is 2.29. The number of rotatable bonds is 1. The van der Waals surface area contributed by atoms with Crippen LogP contribution < -0.4 is 0 Å². The van der Waals surface area contributed by atoms with Crippen molar-refractivity contribution in [3.63, 3.8) is 0 Å². The number of sulfone groups is 1. The summed E-state index contributed by atoms with van der Waals surface area (Å²) in [5, 5.41) is 0. The van der Waals surface area contributed by atoms with Gasteiger partial charge >= 0.3 is 0 Å². The SMILES string of the molecule is CS(=O)(=O)c1ccc2c(c1)C(=O)C(Br)C2. The van der Waals surface area contributed by atoms with Crippen LogP contribution in [0.5, 0.6) is 0 Å². The molecule has 1 aromatic rings. The third kappa shape index (κ3) is 1.86. The van der Waals surface area contributed by atoms with Crippen LogP contribution in [0.3, 0.4) is 0 Å². The highest BCUT2D eigenvalue weighted by molar-refractivity contribution is 9.10. The summed E-state index contributed by atoms with van der Waals surface area (Å²) in [6.07, 6.45) is 1.78. The smallest absolute Gasteiger partial charge is 0.177 e. The zero-order valence-corrected chi connectivity index (χ0v) is 10.4. The third-order valence-corrected chi connectivity index (χ3v) is 4.31. The van der Waals surface area contributed by atoms with Gasteiger partial charge in [-0.25, -0.2) is 8.42 Å². The Morgan fingerprint density at radius 1 is 1.40 bits per heavy atom. The maximum atomic E-state index is 11.6. The molecule has 0 radical (unpaired) electrons. The Kier molecular flexibility index (Phi) is 2.47. The van der Waals surface area contributed by atoms with Crippen LogP contribution >= 0.6 is 15.9 Å². The summed E-state index contributed by atoms with van der Waals surface area (Å²) >= 11 is 3.26. The number of benzene rings is 1. The maximum absolute atomic E-state index is 11.6. The van der Waals surface area contributed by atoms with E-state index in [1.807, 2.05) is 0 Å². The van der Waals surface area contributed by atoms with Gasteiger partial charge < -0.3 is 0 Å². The van der Waals surface area contributed by atoms with Crippen molar-refractivity contribution in [3.05, 3.63) is 29.3 Å². The average molecular weight is 289 g/mol. The van der Waals surface area contributed by atoms with Crippen molar-refractivity contribution in [3.8, 4) is 0 Å². The molecular formula is C10H9BrO3S. The van der Waals surface area contributed by atoms with Crippen molar-refractivity contribution < 1.29 is 13.2 Å². The number of hydrogen-bond donors (Lipinski definition) is 0. The highest BCUT2D eigenvalue weighted by atomic mass is 79.9. The molecule has 1 unspecified atom stereocenters. The Bertz CT molecular complexity index is 534. The molecule has 0 saturated heterocycles. The molecule has 0 saturated carbocycles. The summed E-state index contributed by atoms with van der Waals surface area (Å²) in [4.78, 5) is 11.6. The quantitative estimate of drug-likeness (QED) is 0.738. The molecule has 0 N–H and O–H groups in total. The molecule has 1 aromatic carbocycles. The van der Waals surface area contributed by atoms with E-state index in [1.54, 1.807) is 12.1 Å². The molecule has 15 heavy (non-hydrogen) atoms. The summed E-state index contributed by atoms with van der Waals surface area (Å²) in [6, 6.07) is 4.73. The molecule has 0 aromatic heterocycles. The molecule has 1 aliphatic rings. The predicted octanol–water partition coefficient (Wildman–Crippen LogP) is 1.59. The molecule has 1 atom stereocenters. The molecule has 0 fully saturated rings. The van der Waals surface area contributed by atoms with Crippen LogP contribution in [0.4, 0.5) is 0 Å². The second-order valence-corrected chi connectivity index (χ2v) is 6.75. The van der Waals surface area contributed by atoms with E-state index < -0.39 is 9.84 Å². The zero-order valence-electron chi connectivity index (χ0n) is 8.03. The van der Waals surface area contributed by atoms with Crippen LogP contribution in [0.2, 0.25) is 0 Å². The average Bonchev–Trinajstić information content (AvgIpc) is 2.41. The van der Waals surface area contributed by atoms with Gasteiger partial charge in [0.2, 0.25) is 0 Å². The molecule has 0 bridgehead atoms. The molecule has 1 aliphatic carbocycles. The van der Waals surface area contributed by atoms with Gasteiger partial charge in [-0.2, -0.15) is 0 Å². The van der Waals surface area contributed by atoms with Crippen molar-refractivity contribution >= 4 is 31.6 Å². The number of alkyl halides is 1. The van der Waals surface area contributed by atoms with Gasteiger partial charge in [0, 0.05) is 11.8 Å². The maximum Gasteiger partial charge on any atom is 0.177 e. The molecule has 2 rings (SSSR count). The second kappa shape index (κ2) is 3.42. The first kappa shape index (κ1) is 10.8. The standard InChI is InChI=1S/C10H9BrO3S/c1-15(13,14)7-3-2-6-4-9(11)10(12)8(6)5-7/h2-3,5,9H,4H2,1H3. The fourth-order valence-electron chi connectivity index (χ4n) is 1.65. The Hall–Kier alpha value is -0.680. The molecule has 3 nitrogen and oxygen atoms in total. The number of fused-ring (bicyclic) bond motifs is 1. The highest BCUT2D eigenvalue weighted by Crippen LogP contribution is 2.28. The topological polar surface area (TPSA) is 51.2 Å². The Morgan fingerprint density at radius 2 is 2.07 bits per heavy atom. The zero-order chi connectivity index (χ0) is 11.2. The van der Waals surface area contributed by atoms with E-state index in [2.05, 4.69) is 15.9 Å². The van der Waals surface area contributed by atoms with Crippen LogP contribution in [-0.4, -0.2) is 25.3 Å². The van der Waals surface area contributed by atoms with E-state index in [0.717, 1.165) is 11.8 Å². The summed E-state index contributed by atoms with van der Waals surface area (Å²) in [5.41, 5.74) is 1.44. The van der Waals surface area contributed by atoms with Crippen LogP contribution in [0.1, 0.15) is 15.9 Å². The Balaban J connectivity index is 2.59. The van der Waals surface area contributed by atoms with E-state index in [1.165, 1.54) is 6.07 Å². The van der Waals surface area contributed by atoms with Crippen molar-refractivity contribution in [2.75, 3.05) is 6.26 Å². The van der Waals surface area contributed by atoms with Gasteiger partial charge in [-0.05, 0) is 24.1 Å². The van der Waals surface area contributed by atoms with Gasteiger partial charge in [0.25, 0.3) is 0 Å². The number of Topliss-reactive ketones (excluding diaryl/α,β-unsaturated/α-hetero) is 1. The third-order valence-electron chi connectivity index (χ3n) is 2.46. The number of carbonyl (C=O) groups excluding carboxylic acids is 1. The lowest BCUT2D eigenvalue weighted by atomic mass is 10.1. The number of halogens is 1. The molecular weight excluding hydrogens is 280 g/mol. The van der Waals surface area contributed by atoms with Gasteiger partial charge in [-0.3, -0.25) is 4.79 Å². The lowest BCUT2D eigenvalue weighted by Crippen LogP contribution is -2.06. The van der Waals surface area contributed by atoms with Crippen LogP contribution in [0.25, 0.3) is 0 Å². The fourth-order valence-corrected chi connectivity index (χ4v) is 2.89. The summed E-state index contributed by atoms with van der Waals surface area (Å²) in [6.45, 7) is 0. The first-order chi connectivity index (χ1) is 6.89. The molecule has 0 amide bonds. The summed E-state index contributed by atoms with van der Waals surface area (Å²) < 4.78 is 22.6. The van der Waals surface area contributed by atoms with Crippen molar-refractivity contribution in [2.45, 2.75) is 16.1 Å². The summed E-state index contributed by atoms with van der Waals surface area (Å²) in [7, 11) is -3.23. The predicted molar refractivity (Wildman–Crippen MR) is 60.3 cm³/mol. The van der Waals surface area contributed by atoms with Gasteiger partial charge in [-0.1, -0.05) is 22.0 Å². The van der Waals surface area contributed by atoms with Crippen LogP contribution in [-0.2, 0) is 16.3 Å².